The highest BCUT2D eigenvalue weighted by Gasteiger charge is 2.20. The van der Waals surface area contributed by atoms with Crippen molar-refractivity contribution in [3.63, 3.8) is 0 Å². The molecule has 6 heteroatoms. The van der Waals surface area contributed by atoms with Crippen molar-refractivity contribution < 1.29 is 24.5 Å². The van der Waals surface area contributed by atoms with Gasteiger partial charge in [-0.3, -0.25) is 9.59 Å². The van der Waals surface area contributed by atoms with Gasteiger partial charge in [-0.25, -0.2) is 0 Å². The Bertz CT molecular complexity index is 904. The Hall–Kier alpha value is -1.66. The van der Waals surface area contributed by atoms with E-state index >= 15 is 0 Å². The fourth-order valence-corrected chi connectivity index (χ4v) is 7.74. The maximum atomic E-state index is 12.4. The second kappa shape index (κ2) is 48.0. The predicted molar refractivity (Wildman–Crippen MR) is 250 cm³/mol. The van der Waals surface area contributed by atoms with E-state index in [1.807, 2.05) is 0 Å². The van der Waals surface area contributed by atoms with Crippen molar-refractivity contribution in [2.24, 2.45) is 0 Å². The van der Waals surface area contributed by atoms with Crippen LogP contribution in [0.1, 0.15) is 271 Å². The van der Waals surface area contributed by atoms with Crippen LogP contribution in [0.2, 0.25) is 0 Å². The zero-order valence-corrected chi connectivity index (χ0v) is 38.8. The SMILES string of the molecule is CCCCCCCC/C=C\CCCCCCCCCCCC(=O)OCCCC/C=C\CCCCCCCC(=O)NC(CO)C(O)CCCCCCCCCCCCC. The van der Waals surface area contributed by atoms with Crippen molar-refractivity contribution in [1.29, 1.82) is 0 Å². The van der Waals surface area contributed by atoms with Gasteiger partial charge in [0.2, 0.25) is 5.91 Å². The highest BCUT2D eigenvalue weighted by molar-refractivity contribution is 5.76. The number of rotatable bonds is 47. The zero-order chi connectivity index (χ0) is 42.3. The smallest absolute Gasteiger partial charge is 0.305 e. The summed E-state index contributed by atoms with van der Waals surface area (Å²) in [5.74, 6) is -0.0975. The molecule has 0 saturated heterocycles. The van der Waals surface area contributed by atoms with Gasteiger partial charge in [0.05, 0.1) is 25.4 Å². The fourth-order valence-electron chi connectivity index (χ4n) is 7.74. The van der Waals surface area contributed by atoms with Crippen molar-refractivity contribution in [3.05, 3.63) is 24.3 Å². The zero-order valence-electron chi connectivity index (χ0n) is 38.8. The molecule has 3 N–H and O–H groups in total. The minimum atomic E-state index is -0.681. The van der Waals surface area contributed by atoms with Crippen LogP contribution in [-0.2, 0) is 14.3 Å². The van der Waals surface area contributed by atoms with Crippen LogP contribution < -0.4 is 5.32 Å². The number of carbonyl (C=O) groups is 2. The van der Waals surface area contributed by atoms with E-state index in [1.54, 1.807) is 0 Å². The molecule has 58 heavy (non-hydrogen) atoms. The van der Waals surface area contributed by atoms with Crippen molar-refractivity contribution in [2.45, 2.75) is 283 Å². The molecular formula is C52H99NO5. The first-order chi connectivity index (χ1) is 28.5. The van der Waals surface area contributed by atoms with Gasteiger partial charge in [-0.05, 0) is 77.0 Å². The third kappa shape index (κ3) is 43.9. The summed E-state index contributed by atoms with van der Waals surface area (Å²) < 4.78 is 5.45. The molecule has 0 aliphatic carbocycles. The van der Waals surface area contributed by atoms with Crippen molar-refractivity contribution in [3.8, 4) is 0 Å². The van der Waals surface area contributed by atoms with Crippen molar-refractivity contribution >= 4 is 11.9 Å². The molecule has 0 bridgehead atoms. The van der Waals surface area contributed by atoms with Gasteiger partial charge in [0.15, 0.2) is 0 Å². The third-order valence-electron chi connectivity index (χ3n) is 11.7. The van der Waals surface area contributed by atoms with Gasteiger partial charge in [-0.2, -0.15) is 0 Å². The molecule has 0 rings (SSSR count). The molecule has 0 aromatic heterocycles. The van der Waals surface area contributed by atoms with Gasteiger partial charge in [0, 0.05) is 12.8 Å². The van der Waals surface area contributed by atoms with Crippen molar-refractivity contribution in [1.82, 2.24) is 5.32 Å². The Morgan fingerprint density at radius 2 is 0.810 bits per heavy atom. The quantitative estimate of drug-likeness (QED) is 0.0323. The maximum Gasteiger partial charge on any atom is 0.305 e. The number of ether oxygens (including phenoxy) is 1. The van der Waals surface area contributed by atoms with E-state index in [0.717, 1.165) is 83.5 Å². The summed E-state index contributed by atoms with van der Waals surface area (Å²) in [5.41, 5.74) is 0. The highest BCUT2D eigenvalue weighted by Crippen LogP contribution is 2.16. The predicted octanol–water partition coefficient (Wildman–Crippen LogP) is 15.1. The highest BCUT2D eigenvalue weighted by atomic mass is 16.5. The molecule has 0 aromatic rings. The number of carbonyl (C=O) groups excluding carboxylic acids is 2. The van der Waals surface area contributed by atoms with Crippen LogP contribution in [0, 0.1) is 0 Å². The molecule has 0 aliphatic rings. The number of esters is 1. The first-order valence-corrected chi connectivity index (χ1v) is 25.6. The lowest BCUT2D eigenvalue weighted by molar-refractivity contribution is -0.143. The average Bonchev–Trinajstić information content (AvgIpc) is 3.22. The first-order valence-electron chi connectivity index (χ1n) is 25.6. The summed E-state index contributed by atoms with van der Waals surface area (Å²) >= 11 is 0. The van der Waals surface area contributed by atoms with E-state index in [2.05, 4.69) is 43.5 Å². The molecular weight excluding hydrogens is 719 g/mol. The van der Waals surface area contributed by atoms with E-state index in [-0.39, 0.29) is 18.5 Å². The molecule has 0 fully saturated rings. The second-order valence-corrected chi connectivity index (χ2v) is 17.5. The Morgan fingerprint density at radius 1 is 0.466 bits per heavy atom. The normalized spacial score (nSPS) is 12.8. The number of unbranched alkanes of at least 4 members (excludes halogenated alkanes) is 32. The molecule has 6 nitrogen and oxygen atoms in total. The maximum absolute atomic E-state index is 12.4. The Labute approximate surface area is 361 Å². The molecule has 2 unspecified atom stereocenters. The number of hydrogen-bond donors (Lipinski definition) is 3. The fraction of sp³-hybridized carbons (Fsp3) is 0.885. The molecule has 342 valence electrons. The van der Waals surface area contributed by atoms with Gasteiger partial charge in [0.1, 0.15) is 0 Å². The van der Waals surface area contributed by atoms with E-state index in [4.69, 9.17) is 4.74 Å². The molecule has 0 heterocycles. The van der Waals surface area contributed by atoms with Gasteiger partial charge < -0.3 is 20.3 Å². The Kier molecular flexibility index (Phi) is 46.6. The van der Waals surface area contributed by atoms with E-state index in [0.29, 0.717) is 25.9 Å². The largest absolute Gasteiger partial charge is 0.466 e. The van der Waals surface area contributed by atoms with Gasteiger partial charge >= 0.3 is 5.97 Å². The molecule has 0 aromatic carbocycles. The van der Waals surface area contributed by atoms with Crippen LogP contribution >= 0.6 is 0 Å². The number of aliphatic hydroxyl groups excluding tert-OH is 2. The van der Waals surface area contributed by atoms with Crippen LogP contribution in [0.5, 0.6) is 0 Å². The topological polar surface area (TPSA) is 95.9 Å². The Balaban J connectivity index is 3.48. The monoisotopic (exact) mass is 818 g/mol. The van der Waals surface area contributed by atoms with Gasteiger partial charge in [-0.15, -0.1) is 0 Å². The minimum Gasteiger partial charge on any atom is -0.466 e. The van der Waals surface area contributed by atoms with Crippen molar-refractivity contribution in [2.75, 3.05) is 13.2 Å². The van der Waals surface area contributed by atoms with Gasteiger partial charge in [-0.1, -0.05) is 205 Å². The van der Waals surface area contributed by atoms with E-state index < -0.39 is 12.1 Å². The summed E-state index contributed by atoms with van der Waals surface area (Å²) in [4.78, 5) is 24.5. The number of nitrogens with one attached hydrogen (secondary N) is 1. The number of allylic oxidation sites excluding steroid dienone is 4. The number of amides is 1. The summed E-state index contributed by atoms with van der Waals surface area (Å²) in [6, 6.07) is -0.561. The van der Waals surface area contributed by atoms with Crippen LogP contribution in [-0.4, -0.2) is 47.4 Å². The van der Waals surface area contributed by atoms with Crippen LogP contribution in [0.3, 0.4) is 0 Å². The summed E-state index contributed by atoms with van der Waals surface area (Å²) in [6.45, 7) is 4.86. The second-order valence-electron chi connectivity index (χ2n) is 17.5. The lowest BCUT2D eigenvalue weighted by Gasteiger charge is -2.22. The van der Waals surface area contributed by atoms with Crippen LogP contribution in [0.15, 0.2) is 24.3 Å². The minimum absolute atomic E-state index is 0.0321. The Morgan fingerprint density at radius 3 is 1.22 bits per heavy atom. The molecule has 0 aliphatic heterocycles. The first kappa shape index (κ1) is 56.3. The standard InChI is InChI=1S/C52H99NO5/c1-3-5-7-9-11-13-15-16-17-18-19-20-21-22-26-30-34-38-42-46-52(57)58-47-43-39-35-31-27-23-25-29-33-37-41-45-51(56)53-49(48-54)50(55)44-40-36-32-28-24-14-12-10-8-6-4-2/h16-17,27,31,49-50,54-55H,3-15,18-26,28-30,32-48H2,1-2H3,(H,53,56)/b17-16-,31-27-. The summed E-state index contributed by atoms with van der Waals surface area (Å²) in [7, 11) is 0. The van der Waals surface area contributed by atoms with Crippen LogP contribution in [0.25, 0.3) is 0 Å². The van der Waals surface area contributed by atoms with Crippen LogP contribution in [0.4, 0.5) is 0 Å². The molecule has 0 spiro atoms. The molecule has 0 radical (unpaired) electrons. The van der Waals surface area contributed by atoms with E-state index in [9.17, 15) is 19.8 Å². The molecule has 1 amide bonds. The number of hydrogen-bond acceptors (Lipinski definition) is 5. The molecule has 0 saturated carbocycles. The molecule has 2 atom stereocenters. The van der Waals surface area contributed by atoms with E-state index in [1.165, 1.54) is 154 Å². The summed E-state index contributed by atoms with van der Waals surface area (Å²) in [6.07, 6.45) is 55.8. The number of aliphatic hydroxyl groups is 2. The third-order valence-corrected chi connectivity index (χ3v) is 11.7. The lowest BCUT2D eigenvalue weighted by Crippen LogP contribution is -2.45. The average molecular weight is 818 g/mol. The lowest BCUT2D eigenvalue weighted by atomic mass is 10.0. The summed E-state index contributed by atoms with van der Waals surface area (Å²) in [5, 5.41) is 23.1. The van der Waals surface area contributed by atoms with Gasteiger partial charge in [0.25, 0.3) is 0 Å².